The van der Waals surface area contributed by atoms with Crippen LogP contribution in [0.25, 0.3) is 0 Å². The third-order valence-electron chi connectivity index (χ3n) is 5.34. The summed E-state index contributed by atoms with van der Waals surface area (Å²) in [7, 11) is -2.56. The van der Waals surface area contributed by atoms with E-state index in [9.17, 15) is 12.8 Å². The van der Waals surface area contributed by atoms with Crippen LogP contribution < -0.4 is 9.46 Å². The Hall–Kier alpha value is -1.93. The van der Waals surface area contributed by atoms with Gasteiger partial charge in [-0.3, -0.25) is 4.68 Å². The van der Waals surface area contributed by atoms with Crippen molar-refractivity contribution in [1.82, 2.24) is 14.5 Å². The van der Waals surface area contributed by atoms with Gasteiger partial charge in [0.25, 0.3) is 0 Å². The quantitative estimate of drug-likeness (QED) is 0.781. The Balaban J connectivity index is 1.54. The lowest BCUT2D eigenvalue weighted by atomic mass is 10.2. The van der Waals surface area contributed by atoms with E-state index in [0.29, 0.717) is 17.7 Å². The molecule has 0 radical (unpaired) electrons. The Morgan fingerprint density at radius 3 is 2.63 bits per heavy atom. The number of nitrogens with one attached hydrogen (secondary N) is 1. The van der Waals surface area contributed by atoms with E-state index in [1.807, 2.05) is 6.07 Å². The van der Waals surface area contributed by atoms with Crippen LogP contribution in [0.1, 0.15) is 61.9 Å². The van der Waals surface area contributed by atoms with Gasteiger partial charge in [0.05, 0.1) is 25.4 Å². The van der Waals surface area contributed by atoms with Crippen LogP contribution >= 0.6 is 0 Å². The predicted molar refractivity (Wildman–Crippen MR) is 98.7 cm³/mol. The fourth-order valence-electron chi connectivity index (χ4n) is 3.78. The molecule has 0 atom stereocenters. The Morgan fingerprint density at radius 1 is 1.22 bits per heavy atom. The maximum atomic E-state index is 13.5. The van der Waals surface area contributed by atoms with Crippen LogP contribution in [0.15, 0.2) is 29.2 Å². The molecule has 146 valence electrons. The molecule has 27 heavy (non-hydrogen) atoms. The number of ether oxygens (including phenoxy) is 1. The molecule has 0 aliphatic heterocycles. The molecule has 2 fully saturated rings. The summed E-state index contributed by atoms with van der Waals surface area (Å²) in [6, 6.07) is 5.89. The molecular weight excluding hydrogens is 369 g/mol. The van der Waals surface area contributed by atoms with Gasteiger partial charge in [-0.15, -0.1) is 0 Å². The molecule has 0 bridgehead atoms. The van der Waals surface area contributed by atoms with Crippen LogP contribution in [0, 0.1) is 5.82 Å². The number of halogens is 1. The number of hydrogen-bond acceptors (Lipinski definition) is 4. The van der Waals surface area contributed by atoms with E-state index in [-0.39, 0.29) is 17.2 Å². The van der Waals surface area contributed by atoms with Gasteiger partial charge in [0.1, 0.15) is 16.5 Å². The molecule has 1 aromatic carbocycles. The van der Waals surface area contributed by atoms with Crippen molar-refractivity contribution >= 4 is 10.0 Å². The zero-order valence-electron chi connectivity index (χ0n) is 15.3. The van der Waals surface area contributed by atoms with Crippen molar-refractivity contribution in [1.29, 1.82) is 0 Å². The lowest BCUT2D eigenvalue weighted by molar-refractivity contribution is 0.400. The van der Waals surface area contributed by atoms with Crippen LogP contribution in [-0.4, -0.2) is 25.3 Å². The van der Waals surface area contributed by atoms with E-state index in [0.717, 1.165) is 18.9 Å². The summed E-state index contributed by atoms with van der Waals surface area (Å²) >= 11 is 0. The summed E-state index contributed by atoms with van der Waals surface area (Å²) in [4.78, 5) is -0.206. The largest absolute Gasteiger partial charge is 0.495 e. The molecule has 0 saturated heterocycles. The Kier molecular flexibility index (Phi) is 4.94. The van der Waals surface area contributed by atoms with Crippen LogP contribution in [0.3, 0.4) is 0 Å². The highest BCUT2D eigenvalue weighted by molar-refractivity contribution is 7.89. The molecule has 4 rings (SSSR count). The SMILES string of the molecule is COc1ccc(F)cc1S(=O)(=O)NCc1cc(C2CC2)n(C2CCCC2)n1. The van der Waals surface area contributed by atoms with Crippen molar-refractivity contribution in [2.24, 2.45) is 0 Å². The summed E-state index contributed by atoms with van der Waals surface area (Å²) in [5.74, 6) is 0.0310. The number of methoxy groups -OCH3 is 1. The maximum Gasteiger partial charge on any atom is 0.244 e. The zero-order valence-corrected chi connectivity index (χ0v) is 16.1. The minimum Gasteiger partial charge on any atom is -0.495 e. The number of hydrogen-bond donors (Lipinski definition) is 1. The van der Waals surface area contributed by atoms with Gasteiger partial charge in [0.2, 0.25) is 10.0 Å². The van der Waals surface area contributed by atoms with Crippen molar-refractivity contribution in [2.75, 3.05) is 7.11 Å². The first kappa shape index (κ1) is 18.4. The van der Waals surface area contributed by atoms with E-state index in [1.165, 1.54) is 50.6 Å². The standard InChI is InChI=1S/C19H24FN3O3S/c1-26-18-9-8-14(20)10-19(18)27(24,25)21-12-15-11-17(13-6-7-13)23(22-15)16-4-2-3-5-16/h8-11,13,16,21H,2-7,12H2,1H3. The number of sulfonamides is 1. The maximum absolute atomic E-state index is 13.5. The fourth-order valence-corrected chi connectivity index (χ4v) is 4.96. The average Bonchev–Trinajstić information content (AvgIpc) is 3.18. The molecule has 1 aromatic heterocycles. The van der Waals surface area contributed by atoms with E-state index >= 15 is 0 Å². The third-order valence-corrected chi connectivity index (χ3v) is 6.76. The molecule has 8 heteroatoms. The van der Waals surface area contributed by atoms with Gasteiger partial charge in [-0.1, -0.05) is 12.8 Å². The first-order chi connectivity index (χ1) is 13.0. The van der Waals surface area contributed by atoms with E-state index in [4.69, 9.17) is 9.84 Å². The van der Waals surface area contributed by atoms with Crippen molar-refractivity contribution < 1.29 is 17.5 Å². The summed E-state index contributed by atoms with van der Waals surface area (Å²) in [5, 5.41) is 4.69. The minimum atomic E-state index is -3.92. The van der Waals surface area contributed by atoms with Crippen LogP contribution in [0.4, 0.5) is 4.39 Å². The van der Waals surface area contributed by atoms with Gasteiger partial charge in [0, 0.05) is 11.6 Å². The molecule has 0 spiro atoms. The first-order valence-electron chi connectivity index (χ1n) is 9.39. The van der Waals surface area contributed by atoms with Gasteiger partial charge in [-0.25, -0.2) is 17.5 Å². The van der Waals surface area contributed by atoms with Crippen LogP contribution in [0.2, 0.25) is 0 Å². The zero-order chi connectivity index (χ0) is 19.0. The molecule has 2 aromatic rings. The van der Waals surface area contributed by atoms with Crippen molar-refractivity contribution in [2.45, 2.75) is 61.9 Å². The predicted octanol–water partition coefficient (Wildman–Crippen LogP) is 3.50. The Bertz CT molecular complexity index is 932. The smallest absolute Gasteiger partial charge is 0.244 e. The molecule has 0 amide bonds. The van der Waals surface area contributed by atoms with E-state index in [1.54, 1.807) is 0 Å². The number of rotatable bonds is 7. The minimum absolute atomic E-state index is 0.0709. The van der Waals surface area contributed by atoms with E-state index < -0.39 is 15.8 Å². The van der Waals surface area contributed by atoms with Crippen molar-refractivity contribution in [3.8, 4) is 5.75 Å². The van der Waals surface area contributed by atoms with Crippen molar-refractivity contribution in [3.63, 3.8) is 0 Å². The second kappa shape index (κ2) is 7.24. The summed E-state index contributed by atoms with van der Waals surface area (Å²) in [6.07, 6.45) is 7.04. The van der Waals surface area contributed by atoms with Crippen LogP contribution in [0.5, 0.6) is 5.75 Å². The second-order valence-electron chi connectivity index (χ2n) is 7.34. The second-order valence-corrected chi connectivity index (χ2v) is 9.07. The summed E-state index contributed by atoms with van der Waals surface area (Å²) in [6.45, 7) is 0.0709. The number of aromatic nitrogens is 2. The molecule has 6 nitrogen and oxygen atoms in total. The normalized spacial score (nSPS) is 18.1. The molecule has 2 aliphatic rings. The first-order valence-corrected chi connectivity index (χ1v) is 10.9. The van der Waals surface area contributed by atoms with Gasteiger partial charge in [-0.2, -0.15) is 5.10 Å². The lowest BCUT2D eigenvalue weighted by Gasteiger charge is -2.13. The van der Waals surface area contributed by atoms with Gasteiger partial charge in [0.15, 0.2) is 0 Å². The summed E-state index contributed by atoms with van der Waals surface area (Å²) in [5.41, 5.74) is 1.92. The molecule has 0 unspecified atom stereocenters. The highest BCUT2D eigenvalue weighted by atomic mass is 32.2. The number of nitrogens with zero attached hydrogens (tertiary/aromatic N) is 2. The number of benzene rings is 1. The Morgan fingerprint density at radius 2 is 1.96 bits per heavy atom. The average molecular weight is 393 g/mol. The molecule has 1 heterocycles. The summed E-state index contributed by atoms with van der Waals surface area (Å²) < 4.78 is 48.5. The molecular formula is C19H24FN3O3S. The van der Waals surface area contributed by atoms with Gasteiger partial charge < -0.3 is 4.74 Å². The molecule has 2 aliphatic carbocycles. The lowest BCUT2D eigenvalue weighted by Crippen LogP contribution is -2.24. The highest BCUT2D eigenvalue weighted by Gasteiger charge is 2.31. The topological polar surface area (TPSA) is 73.2 Å². The van der Waals surface area contributed by atoms with Gasteiger partial charge in [-0.05, 0) is 49.9 Å². The third kappa shape index (κ3) is 3.87. The Labute approximate surface area is 158 Å². The van der Waals surface area contributed by atoms with E-state index in [2.05, 4.69) is 9.40 Å². The van der Waals surface area contributed by atoms with Gasteiger partial charge >= 0.3 is 0 Å². The van der Waals surface area contributed by atoms with Crippen molar-refractivity contribution in [3.05, 3.63) is 41.5 Å². The molecule has 1 N–H and O–H groups in total. The fraction of sp³-hybridized carbons (Fsp3) is 0.526. The highest BCUT2D eigenvalue weighted by Crippen LogP contribution is 2.43. The molecule has 2 saturated carbocycles. The van der Waals surface area contributed by atoms with Crippen LogP contribution in [-0.2, 0) is 16.6 Å². The monoisotopic (exact) mass is 393 g/mol.